The lowest BCUT2D eigenvalue weighted by Gasteiger charge is -2.25. The minimum Gasteiger partial charge on any atom is -0.497 e. The molecule has 154 valence electrons. The molecule has 0 spiro atoms. The van der Waals surface area contributed by atoms with Gasteiger partial charge in [-0.15, -0.1) is 10.2 Å². The van der Waals surface area contributed by atoms with Crippen molar-refractivity contribution in [3.05, 3.63) is 83.8 Å². The van der Waals surface area contributed by atoms with Gasteiger partial charge in [0.05, 0.1) is 19.3 Å². The molecule has 4 aromatic rings. The fourth-order valence-corrected chi connectivity index (χ4v) is 5.02. The molecule has 0 aliphatic rings. The van der Waals surface area contributed by atoms with Crippen LogP contribution in [0.1, 0.15) is 16.7 Å². The van der Waals surface area contributed by atoms with E-state index in [1.54, 1.807) is 29.8 Å². The summed E-state index contributed by atoms with van der Waals surface area (Å²) in [6.45, 7) is 4.08. The molecular formula is C22H22N4O3S. The fourth-order valence-electron chi connectivity index (χ4n) is 3.45. The van der Waals surface area contributed by atoms with Crippen LogP contribution in [0, 0.1) is 13.8 Å². The molecule has 0 fully saturated rings. The normalized spacial score (nSPS) is 11.6. The second-order valence-electron chi connectivity index (χ2n) is 7.14. The molecule has 8 heteroatoms. The van der Waals surface area contributed by atoms with E-state index in [0.29, 0.717) is 17.1 Å². The van der Waals surface area contributed by atoms with Crippen LogP contribution in [0.5, 0.6) is 5.75 Å². The van der Waals surface area contributed by atoms with Crippen LogP contribution in [-0.4, -0.2) is 30.1 Å². The van der Waals surface area contributed by atoms with Crippen LogP contribution in [0.3, 0.4) is 0 Å². The number of aromatic nitrogens is 3. The molecule has 0 unspecified atom stereocenters. The number of benzene rings is 2. The van der Waals surface area contributed by atoms with Gasteiger partial charge in [-0.3, -0.25) is 8.71 Å². The quantitative estimate of drug-likeness (QED) is 0.473. The van der Waals surface area contributed by atoms with Crippen molar-refractivity contribution in [1.82, 2.24) is 14.6 Å². The van der Waals surface area contributed by atoms with E-state index in [2.05, 4.69) is 10.2 Å². The largest absolute Gasteiger partial charge is 0.497 e. The van der Waals surface area contributed by atoms with Crippen LogP contribution >= 0.6 is 0 Å². The Kier molecular flexibility index (Phi) is 5.17. The summed E-state index contributed by atoms with van der Waals surface area (Å²) in [5.74, 6) is 0.716. The maximum absolute atomic E-state index is 13.8. The molecule has 4 rings (SSSR count). The van der Waals surface area contributed by atoms with Crippen molar-refractivity contribution in [1.29, 1.82) is 0 Å². The summed E-state index contributed by atoms with van der Waals surface area (Å²) in [5.41, 5.74) is 3.71. The maximum atomic E-state index is 13.8. The van der Waals surface area contributed by atoms with Gasteiger partial charge in [0.15, 0.2) is 5.65 Å². The third-order valence-electron chi connectivity index (χ3n) is 4.84. The number of rotatable bonds is 6. The van der Waals surface area contributed by atoms with Crippen molar-refractivity contribution < 1.29 is 13.2 Å². The highest BCUT2D eigenvalue weighted by molar-refractivity contribution is 7.93. The first-order valence-corrected chi connectivity index (χ1v) is 10.8. The Bertz CT molecular complexity index is 1280. The van der Waals surface area contributed by atoms with Crippen LogP contribution in [0.25, 0.3) is 5.65 Å². The third-order valence-corrected chi connectivity index (χ3v) is 6.63. The van der Waals surface area contributed by atoms with Gasteiger partial charge in [-0.05, 0) is 66.9 Å². The highest BCUT2D eigenvalue weighted by Crippen LogP contribution is 2.29. The number of ether oxygens (including phenoxy) is 1. The summed E-state index contributed by atoms with van der Waals surface area (Å²) in [7, 11) is -2.32. The molecule has 0 amide bonds. The molecule has 0 aliphatic heterocycles. The number of aryl methyl sites for hydroxylation is 2. The molecular weight excluding hydrogens is 400 g/mol. The number of fused-ring (bicyclic) bond motifs is 1. The minimum atomic E-state index is -3.92. The van der Waals surface area contributed by atoms with E-state index < -0.39 is 10.0 Å². The molecule has 0 radical (unpaired) electrons. The van der Waals surface area contributed by atoms with Crippen molar-refractivity contribution in [3.63, 3.8) is 0 Å². The van der Waals surface area contributed by atoms with Gasteiger partial charge in [-0.1, -0.05) is 18.2 Å². The molecule has 30 heavy (non-hydrogen) atoms. The van der Waals surface area contributed by atoms with Gasteiger partial charge < -0.3 is 4.74 Å². The van der Waals surface area contributed by atoms with Gasteiger partial charge in [-0.25, -0.2) is 8.42 Å². The van der Waals surface area contributed by atoms with E-state index in [1.165, 1.54) is 10.6 Å². The van der Waals surface area contributed by atoms with Crippen molar-refractivity contribution in [2.24, 2.45) is 0 Å². The van der Waals surface area contributed by atoms with Gasteiger partial charge in [0, 0.05) is 6.20 Å². The SMILES string of the molecule is COc1ccc(CN(c2cc(C)cc(C)c2)S(=O)(=O)c2cccn3cnnc23)cc1. The monoisotopic (exact) mass is 422 g/mol. The van der Waals surface area contributed by atoms with Crippen molar-refractivity contribution in [3.8, 4) is 5.75 Å². The predicted octanol–water partition coefficient (Wildman–Crippen LogP) is 3.75. The molecule has 2 aromatic heterocycles. The smallest absolute Gasteiger partial charge is 0.268 e. The number of hydrogen-bond acceptors (Lipinski definition) is 5. The number of methoxy groups -OCH3 is 1. The Morgan fingerprint density at radius 1 is 1.03 bits per heavy atom. The zero-order chi connectivity index (χ0) is 21.3. The molecule has 2 aromatic carbocycles. The Morgan fingerprint density at radius 2 is 1.73 bits per heavy atom. The average molecular weight is 423 g/mol. The highest BCUT2D eigenvalue weighted by Gasteiger charge is 2.28. The number of pyridine rings is 1. The van der Waals surface area contributed by atoms with E-state index in [0.717, 1.165) is 16.7 Å². The number of nitrogens with zero attached hydrogens (tertiary/aromatic N) is 4. The Morgan fingerprint density at radius 3 is 2.40 bits per heavy atom. The fraction of sp³-hybridized carbons (Fsp3) is 0.182. The average Bonchev–Trinajstić information content (AvgIpc) is 3.20. The molecule has 0 saturated carbocycles. The molecule has 0 aliphatic carbocycles. The minimum absolute atomic E-state index is 0.107. The number of anilines is 1. The van der Waals surface area contributed by atoms with Crippen molar-refractivity contribution in [2.75, 3.05) is 11.4 Å². The van der Waals surface area contributed by atoms with E-state index in [4.69, 9.17) is 4.74 Å². The first-order valence-electron chi connectivity index (χ1n) is 9.41. The Balaban J connectivity index is 1.86. The van der Waals surface area contributed by atoms with E-state index in [-0.39, 0.29) is 11.4 Å². The van der Waals surface area contributed by atoms with Crippen LogP contribution < -0.4 is 9.04 Å². The van der Waals surface area contributed by atoms with Crippen LogP contribution in [-0.2, 0) is 16.6 Å². The van der Waals surface area contributed by atoms with E-state index >= 15 is 0 Å². The zero-order valence-corrected chi connectivity index (χ0v) is 17.8. The third kappa shape index (κ3) is 3.73. The van der Waals surface area contributed by atoms with E-state index in [1.807, 2.05) is 56.3 Å². The number of hydrogen-bond donors (Lipinski definition) is 0. The summed E-state index contributed by atoms with van der Waals surface area (Å²) in [5, 5.41) is 7.87. The highest BCUT2D eigenvalue weighted by atomic mass is 32.2. The Labute approximate surface area is 175 Å². The van der Waals surface area contributed by atoms with Crippen LogP contribution in [0.2, 0.25) is 0 Å². The summed E-state index contributed by atoms with van der Waals surface area (Å²) >= 11 is 0. The lowest BCUT2D eigenvalue weighted by Crippen LogP contribution is -2.31. The zero-order valence-electron chi connectivity index (χ0n) is 17.0. The molecule has 2 heterocycles. The first-order chi connectivity index (χ1) is 14.4. The van der Waals surface area contributed by atoms with E-state index in [9.17, 15) is 8.42 Å². The van der Waals surface area contributed by atoms with Crippen molar-refractivity contribution >= 4 is 21.4 Å². The lowest BCUT2D eigenvalue weighted by molar-refractivity contribution is 0.414. The summed E-state index contributed by atoms with van der Waals surface area (Å²) in [4.78, 5) is 0.107. The Hall–Kier alpha value is -3.39. The summed E-state index contributed by atoms with van der Waals surface area (Å²) in [6.07, 6.45) is 3.21. The van der Waals surface area contributed by atoms with Crippen LogP contribution in [0.15, 0.2) is 72.0 Å². The first kappa shape index (κ1) is 19.9. The van der Waals surface area contributed by atoms with Gasteiger partial charge in [-0.2, -0.15) is 0 Å². The molecule has 0 atom stereocenters. The van der Waals surface area contributed by atoms with Gasteiger partial charge in [0.1, 0.15) is 17.0 Å². The predicted molar refractivity (Wildman–Crippen MR) is 115 cm³/mol. The molecule has 7 nitrogen and oxygen atoms in total. The number of sulfonamides is 1. The second kappa shape index (κ2) is 7.79. The molecule has 0 saturated heterocycles. The van der Waals surface area contributed by atoms with Gasteiger partial charge in [0.25, 0.3) is 10.0 Å². The molecule has 0 N–H and O–H groups in total. The van der Waals surface area contributed by atoms with Gasteiger partial charge in [0.2, 0.25) is 0 Å². The topological polar surface area (TPSA) is 76.8 Å². The van der Waals surface area contributed by atoms with Crippen LogP contribution in [0.4, 0.5) is 5.69 Å². The lowest BCUT2D eigenvalue weighted by atomic mass is 10.1. The second-order valence-corrected chi connectivity index (χ2v) is 8.97. The summed E-state index contributed by atoms with van der Waals surface area (Å²) < 4.78 is 35.9. The summed E-state index contributed by atoms with van der Waals surface area (Å²) in [6, 6.07) is 16.4. The maximum Gasteiger partial charge on any atom is 0.268 e. The van der Waals surface area contributed by atoms with Gasteiger partial charge >= 0.3 is 0 Å². The van der Waals surface area contributed by atoms with Crippen molar-refractivity contribution in [2.45, 2.75) is 25.3 Å². The molecule has 0 bridgehead atoms. The standard InChI is InChI=1S/C22H22N4O3S/c1-16-11-17(2)13-19(12-16)26(14-18-6-8-20(29-3)9-7-18)30(27,28)21-5-4-10-25-15-23-24-22(21)25/h4-13,15H,14H2,1-3H3.